The van der Waals surface area contributed by atoms with Crippen molar-refractivity contribution in [2.45, 2.75) is 6.54 Å². The third-order valence-electron chi connectivity index (χ3n) is 3.55. The molecule has 4 rings (SSSR count). The molecular formula is C15H11ClN6OS. The molecule has 0 saturated carbocycles. The number of benzene rings is 1. The van der Waals surface area contributed by atoms with Crippen LogP contribution in [0.2, 0.25) is 5.02 Å². The van der Waals surface area contributed by atoms with Crippen molar-refractivity contribution < 1.29 is 4.79 Å². The molecule has 1 amide bonds. The number of hydrogen-bond donors (Lipinski definition) is 2. The molecule has 4 aromatic rings. The lowest BCUT2D eigenvalue weighted by atomic mass is 10.2. The van der Waals surface area contributed by atoms with Gasteiger partial charge in [0.2, 0.25) is 0 Å². The number of nitrogens with zero attached hydrogens (tertiary/aromatic N) is 4. The molecule has 3 N–H and O–H groups in total. The summed E-state index contributed by atoms with van der Waals surface area (Å²) in [6.07, 6.45) is 0. The number of hydrogen-bond acceptors (Lipinski definition) is 6. The minimum absolute atomic E-state index is 0.134. The topological polar surface area (TPSA) is 98.2 Å². The molecule has 1 aromatic carbocycles. The van der Waals surface area contributed by atoms with Gasteiger partial charge in [-0.25, -0.2) is 4.98 Å². The van der Waals surface area contributed by atoms with Gasteiger partial charge in [0.1, 0.15) is 5.82 Å². The molecular weight excluding hydrogens is 348 g/mol. The Kier molecular flexibility index (Phi) is 3.55. The Balaban J connectivity index is 1.75. The number of thiophene rings is 1. The third kappa shape index (κ3) is 2.45. The quantitative estimate of drug-likeness (QED) is 0.586. The van der Waals surface area contributed by atoms with Gasteiger partial charge in [-0.3, -0.25) is 4.79 Å². The van der Waals surface area contributed by atoms with Crippen molar-refractivity contribution in [1.29, 1.82) is 0 Å². The molecule has 0 radical (unpaired) electrons. The summed E-state index contributed by atoms with van der Waals surface area (Å²) >= 11 is 7.56. The van der Waals surface area contributed by atoms with E-state index in [0.29, 0.717) is 28.1 Å². The molecule has 120 valence electrons. The monoisotopic (exact) mass is 358 g/mol. The molecule has 0 aliphatic carbocycles. The Morgan fingerprint density at radius 3 is 3.04 bits per heavy atom. The SMILES string of the molecule is Nc1nc2c(C(=O)NCc3cccs3)nnn2c2ccc(Cl)cc12. The average molecular weight is 359 g/mol. The van der Waals surface area contributed by atoms with Gasteiger partial charge in [0.15, 0.2) is 11.3 Å². The molecule has 7 nitrogen and oxygen atoms in total. The first-order chi connectivity index (χ1) is 11.6. The highest BCUT2D eigenvalue weighted by Gasteiger charge is 2.19. The van der Waals surface area contributed by atoms with Crippen molar-refractivity contribution in [1.82, 2.24) is 25.1 Å². The molecule has 0 atom stereocenters. The molecule has 0 fully saturated rings. The summed E-state index contributed by atoms with van der Waals surface area (Å²) in [5.74, 6) is -0.0757. The molecule has 3 heterocycles. The first kappa shape index (κ1) is 14.9. The number of nitrogens with one attached hydrogen (secondary N) is 1. The standard InChI is InChI=1S/C15H11ClN6OS/c16-8-3-4-11-10(6-8)13(17)19-14-12(20-21-22(11)14)15(23)18-7-9-2-1-5-24-9/h1-6H,7H2,(H2,17,19)(H,18,23). The van der Waals surface area contributed by atoms with Gasteiger partial charge in [0, 0.05) is 15.3 Å². The normalized spacial score (nSPS) is 11.2. The zero-order valence-electron chi connectivity index (χ0n) is 12.2. The Morgan fingerprint density at radius 1 is 1.38 bits per heavy atom. The minimum atomic E-state index is -0.349. The van der Waals surface area contributed by atoms with E-state index in [-0.39, 0.29) is 17.4 Å². The summed E-state index contributed by atoms with van der Waals surface area (Å²) < 4.78 is 1.49. The fourth-order valence-electron chi connectivity index (χ4n) is 2.42. The lowest BCUT2D eigenvalue weighted by Crippen LogP contribution is -2.23. The van der Waals surface area contributed by atoms with Crippen LogP contribution in [0.1, 0.15) is 15.4 Å². The highest BCUT2D eigenvalue weighted by Crippen LogP contribution is 2.24. The van der Waals surface area contributed by atoms with Gasteiger partial charge in [0.05, 0.1) is 12.1 Å². The van der Waals surface area contributed by atoms with Crippen LogP contribution in [0.3, 0.4) is 0 Å². The van der Waals surface area contributed by atoms with E-state index in [9.17, 15) is 4.79 Å². The second-order valence-electron chi connectivity index (χ2n) is 5.09. The molecule has 0 bridgehead atoms. The second-order valence-corrected chi connectivity index (χ2v) is 6.56. The fourth-order valence-corrected chi connectivity index (χ4v) is 3.24. The predicted molar refractivity (Wildman–Crippen MR) is 93.2 cm³/mol. The number of carbonyl (C=O) groups is 1. The maximum absolute atomic E-state index is 12.4. The minimum Gasteiger partial charge on any atom is -0.383 e. The summed E-state index contributed by atoms with van der Waals surface area (Å²) in [5.41, 5.74) is 7.13. The Hall–Kier alpha value is -2.71. The van der Waals surface area contributed by atoms with Crippen LogP contribution in [-0.2, 0) is 6.54 Å². The lowest BCUT2D eigenvalue weighted by Gasteiger charge is -2.05. The molecule has 3 aromatic heterocycles. The van der Waals surface area contributed by atoms with Crippen LogP contribution in [0.25, 0.3) is 16.6 Å². The third-order valence-corrected chi connectivity index (χ3v) is 4.67. The van der Waals surface area contributed by atoms with Gasteiger partial charge >= 0.3 is 0 Å². The summed E-state index contributed by atoms with van der Waals surface area (Å²) in [5, 5.41) is 14.0. The van der Waals surface area contributed by atoms with E-state index in [1.807, 2.05) is 17.5 Å². The Bertz CT molecular complexity index is 1060. The Labute approximate surface area is 145 Å². The number of nitrogens with two attached hydrogens (primary N) is 1. The largest absolute Gasteiger partial charge is 0.383 e. The average Bonchev–Trinajstić information content (AvgIpc) is 3.22. The zero-order chi connectivity index (χ0) is 16.7. The van der Waals surface area contributed by atoms with E-state index in [2.05, 4.69) is 20.6 Å². The number of halogens is 1. The summed E-state index contributed by atoms with van der Waals surface area (Å²) in [6, 6.07) is 9.07. The van der Waals surface area contributed by atoms with Crippen LogP contribution in [0.5, 0.6) is 0 Å². The van der Waals surface area contributed by atoms with Crippen LogP contribution >= 0.6 is 22.9 Å². The lowest BCUT2D eigenvalue weighted by molar-refractivity contribution is 0.0947. The van der Waals surface area contributed by atoms with Crippen LogP contribution in [0.4, 0.5) is 5.82 Å². The number of aromatic nitrogens is 4. The molecule has 0 unspecified atom stereocenters. The number of fused-ring (bicyclic) bond motifs is 3. The van der Waals surface area contributed by atoms with Gasteiger partial charge in [0.25, 0.3) is 5.91 Å². The number of rotatable bonds is 3. The van der Waals surface area contributed by atoms with Crippen LogP contribution in [-0.4, -0.2) is 25.7 Å². The van der Waals surface area contributed by atoms with Gasteiger partial charge in [-0.05, 0) is 29.6 Å². The molecule has 9 heteroatoms. The van der Waals surface area contributed by atoms with E-state index in [1.54, 1.807) is 29.5 Å². The molecule has 0 saturated heterocycles. The maximum atomic E-state index is 12.4. The highest BCUT2D eigenvalue weighted by atomic mass is 35.5. The van der Waals surface area contributed by atoms with Gasteiger partial charge < -0.3 is 11.1 Å². The van der Waals surface area contributed by atoms with Crippen molar-refractivity contribution in [3.05, 3.63) is 51.3 Å². The van der Waals surface area contributed by atoms with Crippen molar-refractivity contribution in [3.8, 4) is 0 Å². The van der Waals surface area contributed by atoms with E-state index >= 15 is 0 Å². The van der Waals surface area contributed by atoms with Gasteiger partial charge in [-0.2, -0.15) is 4.52 Å². The smallest absolute Gasteiger partial charge is 0.276 e. The molecule has 0 aliphatic rings. The van der Waals surface area contributed by atoms with E-state index in [1.165, 1.54) is 4.52 Å². The maximum Gasteiger partial charge on any atom is 0.276 e. The van der Waals surface area contributed by atoms with Gasteiger partial charge in [-0.1, -0.05) is 22.9 Å². The van der Waals surface area contributed by atoms with Crippen molar-refractivity contribution in [2.75, 3.05) is 5.73 Å². The van der Waals surface area contributed by atoms with E-state index in [4.69, 9.17) is 17.3 Å². The predicted octanol–water partition coefficient (Wildman–Crippen LogP) is 2.50. The number of nitrogen functional groups attached to an aromatic ring is 1. The number of anilines is 1. The van der Waals surface area contributed by atoms with Gasteiger partial charge in [-0.15, -0.1) is 16.4 Å². The first-order valence-corrected chi connectivity index (χ1v) is 8.30. The zero-order valence-corrected chi connectivity index (χ0v) is 13.8. The van der Waals surface area contributed by atoms with Crippen molar-refractivity contribution >= 4 is 51.2 Å². The van der Waals surface area contributed by atoms with Crippen LogP contribution in [0, 0.1) is 0 Å². The van der Waals surface area contributed by atoms with Crippen molar-refractivity contribution in [3.63, 3.8) is 0 Å². The summed E-state index contributed by atoms with van der Waals surface area (Å²) in [6.45, 7) is 0.425. The second kappa shape index (κ2) is 5.73. The molecule has 0 spiro atoms. The van der Waals surface area contributed by atoms with E-state index < -0.39 is 0 Å². The summed E-state index contributed by atoms with van der Waals surface area (Å²) in [4.78, 5) is 17.7. The molecule has 24 heavy (non-hydrogen) atoms. The van der Waals surface area contributed by atoms with Crippen LogP contribution in [0.15, 0.2) is 35.7 Å². The van der Waals surface area contributed by atoms with Crippen molar-refractivity contribution in [2.24, 2.45) is 0 Å². The highest BCUT2D eigenvalue weighted by molar-refractivity contribution is 7.09. The fraction of sp³-hybridized carbons (Fsp3) is 0.0667. The first-order valence-electron chi connectivity index (χ1n) is 7.04. The molecule has 0 aliphatic heterocycles. The number of carbonyl (C=O) groups excluding carboxylic acids is 1. The Morgan fingerprint density at radius 2 is 2.25 bits per heavy atom. The van der Waals surface area contributed by atoms with Crippen LogP contribution < -0.4 is 11.1 Å². The number of amides is 1. The van der Waals surface area contributed by atoms with E-state index in [0.717, 1.165) is 4.88 Å². The summed E-state index contributed by atoms with van der Waals surface area (Å²) in [7, 11) is 0.